The van der Waals surface area contributed by atoms with E-state index in [4.69, 9.17) is 4.42 Å². The van der Waals surface area contributed by atoms with Crippen molar-refractivity contribution in [3.05, 3.63) is 64.1 Å². The number of furan rings is 1. The molecule has 5 rings (SSSR count). The van der Waals surface area contributed by atoms with Crippen LogP contribution in [0, 0.1) is 5.82 Å². The number of halogens is 1. The average molecular weight is 397 g/mol. The maximum absolute atomic E-state index is 15.1. The van der Waals surface area contributed by atoms with Gasteiger partial charge < -0.3 is 24.3 Å². The molecule has 8 heteroatoms. The molecule has 7 nitrogen and oxygen atoms in total. The Kier molecular flexibility index (Phi) is 4.16. The van der Waals surface area contributed by atoms with Crippen LogP contribution in [0.1, 0.15) is 40.8 Å². The molecule has 1 aliphatic heterocycles. The van der Waals surface area contributed by atoms with Crippen LogP contribution in [0.2, 0.25) is 0 Å². The molecular formula is C21H20FN3O4. The van der Waals surface area contributed by atoms with Crippen molar-refractivity contribution in [2.45, 2.75) is 24.9 Å². The largest absolute Gasteiger partial charge is 0.477 e. The monoisotopic (exact) mass is 397 g/mol. The Morgan fingerprint density at radius 3 is 2.83 bits per heavy atom. The molecule has 0 amide bonds. The maximum Gasteiger partial charge on any atom is 0.341 e. The summed E-state index contributed by atoms with van der Waals surface area (Å²) in [6.07, 6.45) is 6.52. The van der Waals surface area contributed by atoms with Crippen LogP contribution in [-0.4, -0.2) is 35.3 Å². The number of carboxylic acid groups (broad SMARTS) is 1. The number of anilines is 1. The van der Waals surface area contributed by atoms with E-state index in [1.54, 1.807) is 18.6 Å². The molecule has 0 bridgehead atoms. The summed E-state index contributed by atoms with van der Waals surface area (Å²) in [5, 5.41) is 12.9. The number of pyridine rings is 1. The van der Waals surface area contributed by atoms with Gasteiger partial charge in [-0.05, 0) is 31.0 Å². The maximum atomic E-state index is 15.1. The van der Waals surface area contributed by atoms with E-state index in [1.165, 1.54) is 12.3 Å². The first kappa shape index (κ1) is 17.9. The summed E-state index contributed by atoms with van der Waals surface area (Å²) in [7, 11) is 0. The van der Waals surface area contributed by atoms with Crippen molar-refractivity contribution in [2.75, 3.05) is 24.5 Å². The molecule has 2 fully saturated rings. The van der Waals surface area contributed by atoms with Crippen LogP contribution in [-0.2, 0) is 0 Å². The van der Waals surface area contributed by atoms with Crippen molar-refractivity contribution in [3.63, 3.8) is 0 Å². The van der Waals surface area contributed by atoms with Gasteiger partial charge in [0.25, 0.3) is 0 Å². The SMILES string of the molecule is O=C(O)c1cn(C2CC2)c2cc(N3CCNC(c4ccoc4)C3)c(F)cc2c1=O. The zero-order chi connectivity index (χ0) is 20.1. The van der Waals surface area contributed by atoms with E-state index >= 15 is 4.39 Å². The summed E-state index contributed by atoms with van der Waals surface area (Å²) in [6, 6.07) is 4.92. The Morgan fingerprint density at radius 2 is 2.14 bits per heavy atom. The molecule has 1 aliphatic carbocycles. The molecule has 1 aromatic carbocycles. The number of carbonyl (C=O) groups is 1. The quantitative estimate of drug-likeness (QED) is 0.704. The van der Waals surface area contributed by atoms with Gasteiger partial charge in [0.2, 0.25) is 5.43 Å². The highest BCUT2D eigenvalue weighted by Gasteiger charge is 2.29. The summed E-state index contributed by atoms with van der Waals surface area (Å²) in [6.45, 7) is 1.86. The van der Waals surface area contributed by atoms with Crippen LogP contribution in [0.3, 0.4) is 0 Å². The molecule has 150 valence electrons. The summed E-state index contributed by atoms with van der Waals surface area (Å²) in [5.74, 6) is -1.81. The number of aromatic carboxylic acids is 1. The zero-order valence-corrected chi connectivity index (χ0v) is 15.6. The molecule has 3 heterocycles. The number of benzene rings is 1. The first-order valence-electron chi connectivity index (χ1n) is 9.65. The number of hydrogen-bond donors (Lipinski definition) is 2. The van der Waals surface area contributed by atoms with Crippen LogP contribution >= 0.6 is 0 Å². The van der Waals surface area contributed by atoms with E-state index in [2.05, 4.69) is 5.32 Å². The first-order valence-corrected chi connectivity index (χ1v) is 9.65. The average Bonchev–Trinajstić information content (AvgIpc) is 3.41. The number of nitrogens with zero attached hydrogens (tertiary/aromatic N) is 2. The van der Waals surface area contributed by atoms with Gasteiger partial charge in [-0.2, -0.15) is 0 Å². The molecule has 29 heavy (non-hydrogen) atoms. The summed E-state index contributed by atoms with van der Waals surface area (Å²) >= 11 is 0. The molecule has 0 spiro atoms. The normalized spacial score (nSPS) is 19.6. The lowest BCUT2D eigenvalue weighted by Gasteiger charge is -2.35. The Morgan fingerprint density at radius 1 is 1.31 bits per heavy atom. The Labute approximate surface area is 165 Å². The van der Waals surface area contributed by atoms with Crippen molar-refractivity contribution in [1.29, 1.82) is 0 Å². The highest BCUT2D eigenvalue weighted by atomic mass is 19.1. The molecule has 0 radical (unpaired) electrons. The number of aromatic nitrogens is 1. The fourth-order valence-corrected chi connectivity index (χ4v) is 4.07. The second-order valence-corrected chi connectivity index (χ2v) is 7.65. The van der Waals surface area contributed by atoms with Crippen molar-refractivity contribution >= 4 is 22.6 Å². The minimum absolute atomic E-state index is 0.0117. The minimum Gasteiger partial charge on any atom is -0.477 e. The number of hydrogen-bond acceptors (Lipinski definition) is 5. The number of rotatable bonds is 4. The van der Waals surface area contributed by atoms with E-state index in [0.29, 0.717) is 30.8 Å². The van der Waals surface area contributed by atoms with Gasteiger partial charge in [-0.25, -0.2) is 9.18 Å². The molecule has 2 N–H and O–H groups in total. The van der Waals surface area contributed by atoms with E-state index < -0.39 is 17.2 Å². The molecule has 1 saturated carbocycles. The van der Waals surface area contributed by atoms with Gasteiger partial charge in [0, 0.05) is 42.8 Å². The molecule has 3 aromatic rings. The van der Waals surface area contributed by atoms with E-state index in [1.807, 2.05) is 15.5 Å². The zero-order valence-electron chi connectivity index (χ0n) is 15.6. The van der Waals surface area contributed by atoms with Crippen LogP contribution < -0.4 is 15.6 Å². The van der Waals surface area contributed by atoms with Crippen molar-refractivity contribution in [3.8, 4) is 0 Å². The van der Waals surface area contributed by atoms with Gasteiger partial charge in [0.05, 0.1) is 29.8 Å². The molecule has 1 unspecified atom stereocenters. The van der Waals surface area contributed by atoms with Crippen molar-refractivity contribution in [1.82, 2.24) is 9.88 Å². The van der Waals surface area contributed by atoms with Crippen LogP contribution in [0.4, 0.5) is 10.1 Å². The third-order valence-electron chi connectivity index (χ3n) is 5.73. The Hall–Kier alpha value is -3.13. The van der Waals surface area contributed by atoms with Crippen LogP contribution in [0.5, 0.6) is 0 Å². The molecule has 2 aromatic heterocycles. The number of carboxylic acids is 1. The van der Waals surface area contributed by atoms with Gasteiger partial charge in [0.15, 0.2) is 0 Å². The topological polar surface area (TPSA) is 87.7 Å². The first-order chi connectivity index (χ1) is 14.0. The van der Waals surface area contributed by atoms with Gasteiger partial charge in [-0.1, -0.05) is 0 Å². The molecule has 1 atom stereocenters. The van der Waals surface area contributed by atoms with Gasteiger partial charge >= 0.3 is 5.97 Å². The summed E-state index contributed by atoms with van der Waals surface area (Å²) in [4.78, 5) is 26.1. The lowest BCUT2D eigenvalue weighted by Crippen LogP contribution is -2.46. The Balaban J connectivity index is 1.61. The third-order valence-corrected chi connectivity index (χ3v) is 5.73. The number of piperazine rings is 1. The lowest BCUT2D eigenvalue weighted by molar-refractivity contribution is 0.0695. The predicted octanol–water partition coefficient (Wildman–Crippen LogP) is 2.92. The number of nitrogens with one attached hydrogen (secondary N) is 1. The smallest absolute Gasteiger partial charge is 0.341 e. The second kappa shape index (κ2) is 6.73. The summed E-state index contributed by atoms with van der Waals surface area (Å²) < 4.78 is 22.0. The second-order valence-electron chi connectivity index (χ2n) is 7.65. The third kappa shape index (κ3) is 3.09. The van der Waals surface area contributed by atoms with E-state index in [9.17, 15) is 14.7 Å². The lowest BCUT2D eigenvalue weighted by atomic mass is 10.1. The van der Waals surface area contributed by atoms with Crippen LogP contribution in [0.15, 0.2) is 46.1 Å². The van der Waals surface area contributed by atoms with Crippen molar-refractivity contribution in [2.24, 2.45) is 0 Å². The molecular weight excluding hydrogens is 377 g/mol. The molecule has 1 saturated heterocycles. The summed E-state index contributed by atoms with van der Waals surface area (Å²) in [5.41, 5.74) is 1.03. The van der Waals surface area contributed by atoms with Gasteiger partial charge in [0.1, 0.15) is 11.4 Å². The van der Waals surface area contributed by atoms with Crippen molar-refractivity contribution < 1.29 is 18.7 Å². The fourth-order valence-electron chi connectivity index (χ4n) is 4.07. The molecule has 2 aliphatic rings. The van der Waals surface area contributed by atoms with Gasteiger partial charge in [-0.3, -0.25) is 4.79 Å². The van der Waals surface area contributed by atoms with E-state index in [-0.39, 0.29) is 23.0 Å². The predicted molar refractivity (Wildman–Crippen MR) is 105 cm³/mol. The fraction of sp³-hybridized carbons (Fsp3) is 0.333. The highest BCUT2D eigenvalue weighted by Crippen LogP contribution is 2.38. The highest BCUT2D eigenvalue weighted by molar-refractivity contribution is 5.93. The van der Waals surface area contributed by atoms with Crippen LogP contribution in [0.25, 0.3) is 10.9 Å². The number of fused-ring (bicyclic) bond motifs is 1. The minimum atomic E-state index is -1.29. The Bertz CT molecular complexity index is 1150. The van der Waals surface area contributed by atoms with E-state index in [0.717, 1.165) is 18.4 Å². The standard InChI is InChI=1S/C21H20FN3O4/c22-16-7-14-18(25(13-1-2-13)9-15(20(14)26)21(27)28)8-19(16)24-5-4-23-17(10-24)12-3-6-29-11-12/h3,6-9,11,13,17,23H,1-2,4-5,10H2,(H,27,28). The van der Waals surface area contributed by atoms with Gasteiger partial charge in [-0.15, -0.1) is 0 Å².